The van der Waals surface area contributed by atoms with Crippen LogP contribution in [0, 0.1) is 43.4 Å². The molecular weight excluding hydrogens is 322 g/mol. The lowest BCUT2D eigenvalue weighted by Gasteiger charge is -2.24. The first-order valence-corrected chi connectivity index (χ1v) is 9.41. The van der Waals surface area contributed by atoms with Crippen LogP contribution in [-0.2, 0) is 0 Å². The second-order valence-electron chi connectivity index (χ2n) is 7.56. The van der Waals surface area contributed by atoms with E-state index in [0.717, 1.165) is 36.1 Å². The Labute approximate surface area is 137 Å². The van der Waals surface area contributed by atoms with Crippen LogP contribution in [0.3, 0.4) is 0 Å². The minimum Gasteiger partial charge on any atom is -0.310 e. The highest BCUT2D eigenvalue weighted by Crippen LogP contribution is 2.72. The van der Waals surface area contributed by atoms with Crippen molar-refractivity contribution >= 4 is 15.9 Å². The summed E-state index contributed by atoms with van der Waals surface area (Å²) in [5.74, 6) is 5.11. The zero-order valence-electron chi connectivity index (χ0n) is 13.3. The molecule has 2 heteroatoms. The van der Waals surface area contributed by atoms with Crippen molar-refractivity contribution in [2.75, 3.05) is 6.54 Å². The van der Waals surface area contributed by atoms with E-state index in [1.807, 2.05) is 0 Å². The molecule has 0 spiro atoms. The quantitative estimate of drug-likeness (QED) is 0.807. The fraction of sp³-hybridized carbons (Fsp3) is 0.684. The van der Waals surface area contributed by atoms with Crippen molar-refractivity contribution in [3.05, 3.63) is 33.3 Å². The van der Waals surface area contributed by atoms with Crippen molar-refractivity contribution in [1.29, 1.82) is 0 Å². The van der Waals surface area contributed by atoms with E-state index in [0.29, 0.717) is 6.04 Å². The van der Waals surface area contributed by atoms with Crippen LogP contribution in [0.15, 0.2) is 16.6 Å². The van der Waals surface area contributed by atoms with Gasteiger partial charge in [-0.05, 0) is 92.0 Å². The van der Waals surface area contributed by atoms with Gasteiger partial charge >= 0.3 is 0 Å². The summed E-state index contributed by atoms with van der Waals surface area (Å²) >= 11 is 3.68. The average molecular weight is 348 g/mol. The Hall–Kier alpha value is -0.340. The van der Waals surface area contributed by atoms with Crippen LogP contribution in [0.25, 0.3) is 0 Å². The lowest BCUT2D eigenvalue weighted by molar-refractivity contribution is 0.373. The third kappa shape index (κ3) is 2.13. The molecule has 3 aliphatic rings. The second kappa shape index (κ2) is 5.09. The highest BCUT2D eigenvalue weighted by molar-refractivity contribution is 9.10. The van der Waals surface area contributed by atoms with Gasteiger partial charge in [-0.2, -0.15) is 0 Å². The van der Waals surface area contributed by atoms with Crippen LogP contribution < -0.4 is 5.32 Å². The third-order valence-electron chi connectivity index (χ3n) is 6.49. The minimum atomic E-state index is 0.584. The zero-order valence-corrected chi connectivity index (χ0v) is 14.9. The Kier molecular flexibility index (Phi) is 3.46. The van der Waals surface area contributed by atoms with Gasteiger partial charge in [0.15, 0.2) is 0 Å². The standard InChI is InChI=1S/C19H26BrN/c1-4-21-19(14-7-11(3)15(20)8-10(14)2)18-16-12-5-6-13(9-12)17(16)18/h7-8,12-13,16-19,21H,4-6,9H2,1-3H3. The van der Waals surface area contributed by atoms with Crippen molar-refractivity contribution < 1.29 is 0 Å². The second-order valence-corrected chi connectivity index (χ2v) is 8.41. The van der Waals surface area contributed by atoms with E-state index in [-0.39, 0.29) is 0 Å². The van der Waals surface area contributed by atoms with Gasteiger partial charge in [0.25, 0.3) is 0 Å². The van der Waals surface area contributed by atoms with Crippen molar-refractivity contribution in [2.24, 2.45) is 29.6 Å². The van der Waals surface area contributed by atoms with Gasteiger partial charge in [0.05, 0.1) is 0 Å². The molecule has 0 aliphatic heterocycles. The van der Waals surface area contributed by atoms with Crippen molar-refractivity contribution in [3.8, 4) is 0 Å². The van der Waals surface area contributed by atoms with E-state index >= 15 is 0 Å². The fourth-order valence-corrected chi connectivity index (χ4v) is 6.11. The Bertz CT molecular complexity index is 551. The Morgan fingerprint density at radius 2 is 1.81 bits per heavy atom. The Balaban J connectivity index is 1.66. The van der Waals surface area contributed by atoms with E-state index in [4.69, 9.17) is 0 Å². The molecule has 5 atom stereocenters. The molecule has 3 saturated carbocycles. The molecule has 4 rings (SSSR count). The lowest BCUT2D eigenvalue weighted by atomic mass is 9.90. The fourth-order valence-electron chi connectivity index (χ4n) is 5.65. The molecule has 1 N–H and O–H groups in total. The topological polar surface area (TPSA) is 12.0 Å². The monoisotopic (exact) mass is 347 g/mol. The number of rotatable bonds is 4. The molecule has 0 radical (unpaired) electrons. The van der Waals surface area contributed by atoms with E-state index in [2.05, 4.69) is 54.2 Å². The maximum atomic E-state index is 3.83. The van der Waals surface area contributed by atoms with Crippen molar-refractivity contribution in [1.82, 2.24) is 5.32 Å². The van der Waals surface area contributed by atoms with Gasteiger partial charge in [-0.3, -0.25) is 0 Å². The van der Waals surface area contributed by atoms with E-state index in [9.17, 15) is 0 Å². The molecule has 0 aromatic heterocycles. The zero-order chi connectivity index (χ0) is 14.7. The molecule has 2 bridgehead atoms. The molecule has 21 heavy (non-hydrogen) atoms. The van der Waals surface area contributed by atoms with Gasteiger partial charge in [0.2, 0.25) is 0 Å². The Morgan fingerprint density at radius 3 is 2.43 bits per heavy atom. The van der Waals surface area contributed by atoms with Gasteiger partial charge in [0, 0.05) is 10.5 Å². The smallest absolute Gasteiger partial charge is 0.0357 e. The molecule has 1 nitrogen and oxygen atoms in total. The van der Waals surface area contributed by atoms with Gasteiger partial charge < -0.3 is 5.32 Å². The van der Waals surface area contributed by atoms with E-state index in [1.165, 1.54) is 28.4 Å². The number of halogens is 1. The number of hydrogen-bond donors (Lipinski definition) is 1. The highest BCUT2D eigenvalue weighted by atomic mass is 79.9. The molecule has 1 aromatic carbocycles. The van der Waals surface area contributed by atoms with Crippen molar-refractivity contribution in [2.45, 2.75) is 46.1 Å². The van der Waals surface area contributed by atoms with Gasteiger partial charge in [-0.25, -0.2) is 0 Å². The SMILES string of the molecule is CCNC(c1cc(C)c(Br)cc1C)C1C2C3CCC(C3)C21. The van der Waals surface area contributed by atoms with Crippen LogP contribution in [0.5, 0.6) is 0 Å². The first kappa shape index (κ1) is 14.3. The van der Waals surface area contributed by atoms with Crippen LogP contribution >= 0.6 is 15.9 Å². The van der Waals surface area contributed by atoms with Crippen LogP contribution in [-0.4, -0.2) is 6.54 Å². The maximum Gasteiger partial charge on any atom is 0.0357 e. The van der Waals surface area contributed by atoms with Gasteiger partial charge in [0.1, 0.15) is 0 Å². The first-order valence-electron chi connectivity index (χ1n) is 8.61. The summed E-state index contributed by atoms with van der Waals surface area (Å²) in [6.45, 7) is 7.81. The summed E-state index contributed by atoms with van der Waals surface area (Å²) in [5.41, 5.74) is 4.36. The maximum absolute atomic E-state index is 3.83. The number of benzene rings is 1. The largest absolute Gasteiger partial charge is 0.310 e. The highest BCUT2D eigenvalue weighted by Gasteiger charge is 2.66. The molecule has 0 saturated heterocycles. The molecule has 3 fully saturated rings. The molecule has 1 aromatic rings. The predicted molar refractivity (Wildman–Crippen MR) is 91.3 cm³/mol. The first-order chi connectivity index (χ1) is 10.1. The molecule has 114 valence electrons. The summed E-state index contributed by atoms with van der Waals surface area (Å²) in [4.78, 5) is 0. The number of hydrogen-bond acceptors (Lipinski definition) is 1. The van der Waals surface area contributed by atoms with E-state index < -0.39 is 0 Å². The number of fused-ring (bicyclic) bond motifs is 5. The predicted octanol–water partition coefficient (Wildman–Crippen LogP) is 5.01. The Morgan fingerprint density at radius 1 is 1.14 bits per heavy atom. The molecule has 0 heterocycles. The average Bonchev–Trinajstić information content (AvgIpc) is 2.87. The third-order valence-corrected chi connectivity index (χ3v) is 7.34. The summed E-state index contributed by atoms with van der Waals surface area (Å²) in [5, 5.41) is 3.83. The summed E-state index contributed by atoms with van der Waals surface area (Å²) in [6.07, 6.45) is 4.57. The molecular formula is C19H26BrN. The van der Waals surface area contributed by atoms with Crippen molar-refractivity contribution in [3.63, 3.8) is 0 Å². The molecule has 3 aliphatic carbocycles. The van der Waals surface area contributed by atoms with Gasteiger partial charge in [-0.15, -0.1) is 0 Å². The normalized spacial score (nSPS) is 37.6. The number of aryl methyl sites for hydroxylation is 2. The minimum absolute atomic E-state index is 0.584. The van der Waals surface area contributed by atoms with E-state index in [1.54, 1.807) is 12.0 Å². The summed E-state index contributed by atoms with van der Waals surface area (Å²) in [7, 11) is 0. The summed E-state index contributed by atoms with van der Waals surface area (Å²) < 4.78 is 1.25. The lowest BCUT2D eigenvalue weighted by Crippen LogP contribution is -2.26. The van der Waals surface area contributed by atoms with Crippen LogP contribution in [0.1, 0.15) is 48.9 Å². The summed E-state index contributed by atoms with van der Waals surface area (Å²) in [6, 6.07) is 5.31. The molecule has 0 amide bonds. The molecule has 5 unspecified atom stereocenters. The van der Waals surface area contributed by atoms with Gasteiger partial charge in [-0.1, -0.05) is 28.9 Å². The van der Waals surface area contributed by atoms with Crippen LogP contribution in [0.2, 0.25) is 0 Å². The number of nitrogens with one attached hydrogen (secondary N) is 1. The van der Waals surface area contributed by atoms with Crippen LogP contribution in [0.4, 0.5) is 0 Å².